The molecule has 0 saturated carbocycles. The summed E-state index contributed by atoms with van der Waals surface area (Å²) >= 11 is 0. The number of piperazine rings is 2. The zero-order valence-corrected chi connectivity index (χ0v) is 12.0. The van der Waals surface area contributed by atoms with Crippen molar-refractivity contribution < 1.29 is 9.59 Å². The van der Waals surface area contributed by atoms with Crippen LogP contribution in [0.25, 0.3) is 0 Å². The third-order valence-electron chi connectivity index (χ3n) is 4.20. The highest BCUT2D eigenvalue weighted by molar-refractivity contribution is 5.95. The number of amides is 2. The number of likely N-dealkylation sites (N-methyl/N-ethyl adjacent to an activating group) is 1. The van der Waals surface area contributed by atoms with Crippen LogP contribution in [0.15, 0.2) is 17.2 Å². The van der Waals surface area contributed by atoms with Crippen LogP contribution in [0.5, 0.6) is 0 Å². The second kappa shape index (κ2) is 5.36. The van der Waals surface area contributed by atoms with Crippen LogP contribution < -0.4 is 5.69 Å². The molecule has 8 nitrogen and oxygen atoms in total. The Hall–Kier alpha value is -2.09. The van der Waals surface area contributed by atoms with E-state index in [0.29, 0.717) is 26.2 Å². The minimum absolute atomic E-state index is 0.00175. The number of imidazole rings is 1. The molecule has 1 aromatic heterocycles. The predicted octanol–water partition coefficient (Wildman–Crippen LogP) is -1.84. The van der Waals surface area contributed by atoms with Crippen LogP contribution in [0.2, 0.25) is 0 Å². The van der Waals surface area contributed by atoms with E-state index >= 15 is 0 Å². The highest BCUT2D eigenvalue weighted by Crippen LogP contribution is 2.16. The Kier molecular flexibility index (Phi) is 3.54. The average Bonchev–Trinajstić information content (AvgIpc) is 2.88. The summed E-state index contributed by atoms with van der Waals surface area (Å²) in [6.45, 7) is 3.28. The molecule has 0 unspecified atom stereocenters. The van der Waals surface area contributed by atoms with E-state index in [0.717, 1.165) is 6.54 Å². The molecule has 3 heterocycles. The first-order valence-corrected chi connectivity index (χ1v) is 7.07. The first-order chi connectivity index (χ1) is 10.1. The number of rotatable bonds is 3. The van der Waals surface area contributed by atoms with Crippen LogP contribution in [0.1, 0.15) is 0 Å². The quantitative estimate of drug-likeness (QED) is 0.710. The first-order valence-electron chi connectivity index (χ1n) is 7.07. The van der Waals surface area contributed by atoms with E-state index in [1.165, 1.54) is 4.90 Å². The van der Waals surface area contributed by atoms with Crippen molar-refractivity contribution >= 4 is 11.8 Å². The van der Waals surface area contributed by atoms with E-state index in [2.05, 4.69) is 9.88 Å². The lowest BCUT2D eigenvalue weighted by Crippen LogP contribution is -2.66. The van der Waals surface area contributed by atoms with E-state index in [1.54, 1.807) is 28.9 Å². The van der Waals surface area contributed by atoms with Gasteiger partial charge in [-0.25, -0.2) is 4.79 Å². The fourth-order valence-corrected chi connectivity index (χ4v) is 2.95. The summed E-state index contributed by atoms with van der Waals surface area (Å²) in [7, 11) is 1.66. The molecule has 2 amide bonds. The van der Waals surface area contributed by atoms with Gasteiger partial charge in [-0.2, -0.15) is 0 Å². The molecule has 1 aromatic rings. The Morgan fingerprint density at radius 1 is 1.24 bits per heavy atom. The number of aromatic nitrogens is 2. The monoisotopic (exact) mass is 293 g/mol. The molecule has 3 rings (SSSR count). The summed E-state index contributed by atoms with van der Waals surface area (Å²) in [5.74, 6) is 0.0155. The standard InChI is InChI=1S/C13H19N5O3/c1-15-9-11(19)18-7-5-16(8-10(18)12(15)20)4-6-17-3-2-14-13(17)21/h2-3,10H,4-9H2,1H3,(H,14,21)/t10-/m1/s1. The number of carbonyl (C=O) groups is 2. The Labute approximate surface area is 121 Å². The largest absolute Gasteiger partial charge is 0.335 e. The van der Waals surface area contributed by atoms with Crippen molar-refractivity contribution in [2.24, 2.45) is 0 Å². The molecule has 114 valence electrons. The summed E-state index contributed by atoms with van der Waals surface area (Å²) in [5.41, 5.74) is -0.128. The van der Waals surface area contributed by atoms with Crippen molar-refractivity contribution in [3.63, 3.8) is 0 Å². The van der Waals surface area contributed by atoms with Crippen LogP contribution in [-0.2, 0) is 16.1 Å². The minimum Gasteiger partial charge on any atom is -0.335 e. The van der Waals surface area contributed by atoms with Gasteiger partial charge in [0, 0.05) is 52.2 Å². The highest BCUT2D eigenvalue weighted by atomic mass is 16.2. The lowest BCUT2D eigenvalue weighted by atomic mass is 10.1. The summed E-state index contributed by atoms with van der Waals surface area (Å²) < 4.78 is 1.60. The van der Waals surface area contributed by atoms with Gasteiger partial charge >= 0.3 is 5.69 Å². The molecule has 2 aliphatic rings. The van der Waals surface area contributed by atoms with E-state index in [9.17, 15) is 14.4 Å². The van der Waals surface area contributed by atoms with Gasteiger partial charge in [-0.15, -0.1) is 0 Å². The third kappa shape index (κ3) is 2.58. The van der Waals surface area contributed by atoms with Gasteiger partial charge in [0.05, 0.1) is 6.54 Å². The molecular formula is C13H19N5O3. The van der Waals surface area contributed by atoms with Gasteiger partial charge in [-0.3, -0.25) is 19.1 Å². The zero-order valence-electron chi connectivity index (χ0n) is 12.0. The van der Waals surface area contributed by atoms with Gasteiger partial charge in [0.15, 0.2) is 0 Å². The van der Waals surface area contributed by atoms with E-state index in [4.69, 9.17) is 0 Å². The summed E-state index contributed by atoms with van der Waals surface area (Å²) in [5, 5.41) is 0. The number of carbonyl (C=O) groups excluding carboxylic acids is 2. The van der Waals surface area contributed by atoms with E-state index in [-0.39, 0.29) is 30.1 Å². The topological polar surface area (TPSA) is 81.7 Å². The Morgan fingerprint density at radius 2 is 2.05 bits per heavy atom. The van der Waals surface area contributed by atoms with Crippen LogP contribution in [0.3, 0.4) is 0 Å². The molecule has 2 saturated heterocycles. The van der Waals surface area contributed by atoms with Gasteiger partial charge in [-0.1, -0.05) is 0 Å². The average molecular weight is 293 g/mol. The lowest BCUT2D eigenvalue weighted by molar-refractivity contribution is -0.158. The summed E-state index contributed by atoms with van der Waals surface area (Å²) in [6, 6.07) is -0.382. The van der Waals surface area contributed by atoms with Gasteiger partial charge < -0.3 is 14.8 Å². The maximum absolute atomic E-state index is 12.2. The molecule has 8 heteroatoms. The van der Waals surface area contributed by atoms with Crippen molar-refractivity contribution in [1.29, 1.82) is 0 Å². The first kappa shape index (κ1) is 13.9. The molecule has 0 aliphatic carbocycles. The molecule has 1 N–H and O–H groups in total. The van der Waals surface area contributed by atoms with Gasteiger partial charge in [0.2, 0.25) is 11.8 Å². The number of hydrogen-bond donors (Lipinski definition) is 1. The molecule has 0 aromatic carbocycles. The molecule has 1 atom stereocenters. The van der Waals surface area contributed by atoms with Crippen LogP contribution in [-0.4, -0.2) is 81.9 Å². The Morgan fingerprint density at radius 3 is 2.76 bits per heavy atom. The maximum atomic E-state index is 12.2. The number of hydrogen-bond acceptors (Lipinski definition) is 4. The van der Waals surface area contributed by atoms with Crippen LogP contribution in [0.4, 0.5) is 0 Å². The minimum atomic E-state index is -0.382. The van der Waals surface area contributed by atoms with Gasteiger partial charge in [0.1, 0.15) is 6.04 Å². The highest BCUT2D eigenvalue weighted by Gasteiger charge is 2.40. The Balaban J connectivity index is 1.63. The molecule has 0 bridgehead atoms. The Bertz CT molecular complexity index is 607. The van der Waals surface area contributed by atoms with Crippen LogP contribution >= 0.6 is 0 Å². The van der Waals surface area contributed by atoms with Crippen molar-refractivity contribution in [3.8, 4) is 0 Å². The van der Waals surface area contributed by atoms with Crippen molar-refractivity contribution in [2.75, 3.05) is 39.8 Å². The summed E-state index contributed by atoms with van der Waals surface area (Å²) in [4.78, 5) is 43.5. The molecule has 2 fully saturated rings. The van der Waals surface area contributed by atoms with Gasteiger partial charge in [0.25, 0.3) is 0 Å². The van der Waals surface area contributed by atoms with E-state index < -0.39 is 0 Å². The molecule has 2 aliphatic heterocycles. The van der Waals surface area contributed by atoms with Crippen molar-refractivity contribution in [2.45, 2.75) is 12.6 Å². The summed E-state index contributed by atoms with van der Waals surface area (Å²) in [6.07, 6.45) is 3.32. The molecular weight excluding hydrogens is 274 g/mol. The smallest absolute Gasteiger partial charge is 0.325 e. The fraction of sp³-hybridized carbons (Fsp3) is 0.615. The van der Waals surface area contributed by atoms with Crippen molar-refractivity contribution in [3.05, 3.63) is 22.9 Å². The lowest BCUT2D eigenvalue weighted by Gasteiger charge is -2.45. The second-order valence-corrected chi connectivity index (χ2v) is 5.56. The SMILES string of the molecule is CN1CC(=O)N2CCN(CCn3cc[nH]c3=O)C[C@@H]2C1=O. The van der Waals surface area contributed by atoms with Gasteiger partial charge in [-0.05, 0) is 0 Å². The number of aromatic amines is 1. The van der Waals surface area contributed by atoms with Crippen LogP contribution in [0, 0.1) is 0 Å². The molecule has 21 heavy (non-hydrogen) atoms. The molecule has 0 spiro atoms. The number of fused-ring (bicyclic) bond motifs is 1. The van der Waals surface area contributed by atoms with E-state index in [1.807, 2.05) is 0 Å². The maximum Gasteiger partial charge on any atom is 0.325 e. The zero-order chi connectivity index (χ0) is 15.0. The number of nitrogens with zero attached hydrogens (tertiary/aromatic N) is 4. The second-order valence-electron chi connectivity index (χ2n) is 5.56. The number of nitrogens with one attached hydrogen (secondary N) is 1. The fourth-order valence-electron chi connectivity index (χ4n) is 2.95. The third-order valence-corrected chi connectivity index (χ3v) is 4.20. The normalized spacial score (nSPS) is 23.6. The van der Waals surface area contributed by atoms with Crippen molar-refractivity contribution in [1.82, 2.24) is 24.3 Å². The predicted molar refractivity (Wildman–Crippen MR) is 74.6 cm³/mol. The number of H-pyrrole nitrogens is 1. The molecule has 0 radical (unpaired) electrons.